The standard InChI is InChI=1S/C2H2O3.Ir/c3-1-2(4)5;/h1H,(H,4,5);/q;+1/p-1. The monoisotopic (exact) mass is 266 g/mol. The molecule has 0 aromatic carbocycles. The number of hydrogen-bond donors (Lipinski definition) is 0. The number of rotatable bonds is 1. The summed E-state index contributed by atoms with van der Waals surface area (Å²) in [6, 6.07) is 0. The summed E-state index contributed by atoms with van der Waals surface area (Å²) in [4.78, 5) is 18.9. The second-order valence-corrected chi connectivity index (χ2v) is 0.994. The van der Waals surface area contributed by atoms with Gasteiger partial charge in [-0.15, -0.1) is 0 Å². The van der Waals surface area contributed by atoms with Gasteiger partial charge < -0.3 is 0 Å². The predicted molar refractivity (Wildman–Crippen MR) is 12.2 cm³/mol. The summed E-state index contributed by atoms with van der Waals surface area (Å²) < 4.78 is 3.89. The molecule has 0 atom stereocenters. The summed E-state index contributed by atoms with van der Waals surface area (Å²) >= 11 is 1.15. The molecule has 0 saturated heterocycles. The van der Waals surface area contributed by atoms with Crippen LogP contribution >= 0.6 is 0 Å². The summed E-state index contributed by atoms with van der Waals surface area (Å²) in [5.74, 6) is -0.838. The Morgan fingerprint density at radius 2 is 2.33 bits per heavy atom. The molecule has 0 aliphatic rings. The minimum atomic E-state index is -0.838. The van der Waals surface area contributed by atoms with Crippen molar-refractivity contribution in [3.05, 3.63) is 0 Å². The molecule has 0 saturated carbocycles. The molecular formula is C2HIrO3. The van der Waals surface area contributed by atoms with Crippen LogP contribution in [0, 0.1) is 0 Å². The Hall–Kier alpha value is -0.211. The average molecular weight is 265 g/mol. The fraction of sp³-hybridized carbons (Fsp3) is 0. The molecule has 0 fully saturated rings. The van der Waals surface area contributed by atoms with E-state index in [4.69, 9.17) is 0 Å². The Balaban J connectivity index is 3.23. The molecule has 4 heteroatoms. The van der Waals surface area contributed by atoms with Crippen LogP contribution in [0.2, 0.25) is 0 Å². The van der Waals surface area contributed by atoms with Crippen molar-refractivity contribution in [1.29, 1.82) is 0 Å². The molecular weight excluding hydrogens is 264 g/mol. The zero-order valence-electron chi connectivity index (χ0n) is 2.64. The van der Waals surface area contributed by atoms with Gasteiger partial charge in [0.2, 0.25) is 0 Å². The van der Waals surface area contributed by atoms with E-state index in [1.807, 2.05) is 0 Å². The summed E-state index contributed by atoms with van der Waals surface area (Å²) in [5.41, 5.74) is 0. The van der Waals surface area contributed by atoms with Crippen molar-refractivity contribution in [3.63, 3.8) is 0 Å². The Kier molecular flexibility index (Phi) is 2.89. The van der Waals surface area contributed by atoms with Crippen LogP contribution < -0.4 is 0 Å². The molecule has 6 heavy (non-hydrogen) atoms. The fourth-order valence-corrected chi connectivity index (χ4v) is 0.131. The zero-order valence-corrected chi connectivity index (χ0v) is 5.03. The molecule has 0 N–H and O–H groups in total. The van der Waals surface area contributed by atoms with Crippen LogP contribution in [0.4, 0.5) is 0 Å². The van der Waals surface area contributed by atoms with Gasteiger partial charge in [-0.3, -0.25) is 0 Å². The quantitative estimate of drug-likeness (QED) is 0.460. The molecule has 0 heterocycles. The second-order valence-electron chi connectivity index (χ2n) is 0.505. The Morgan fingerprint density at radius 3 is 2.33 bits per heavy atom. The van der Waals surface area contributed by atoms with Gasteiger partial charge in [-0.2, -0.15) is 0 Å². The van der Waals surface area contributed by atoms with E-state index >= 15 is 0 Å². The molecule has 0 aliphatic heterocycles. The van der Waals surface area contributed by atoms with Gasteiger partial charge in [-0.1, -0.05) is 0 Å². The maximum absolute atomic E-state index is 9.59. The second kappa shape index (κ2) is 3.00. The van der Waals surface area contributed by atoms with Crippen LogP contribution in [0.15, 0.2) is 0 Å². The fourth-order valence-electron chi connectivity index (χ4n) is 0.0160. The van der Waals surface area contributed by atoms with Gasteiger partial charge in [0.25, 0.3) is 0 Å². The van der Waals surface area contributed by atoms with Crippen molar-refractivity contribution >= 4 is 12.3 Å². The summed E-state index contributed by atoms with van der Waals surface area (Å²) in [6.07, 6.45) is 0.111. The molecule has 0 rings (SSSR count). The summed E-state index contributed by atoms with van der Waals surface area (Å²) in [7, 11) is 0. The first-order chi connectivity index (χ1) is 2.81. The average Bonchev–Trinajstić information content (AvgIpc) is 1.65. The first kappa shape index (κ1) is 5.79. The van der Waals surface area contributed by atoms with Crippen molar-refractivity contribution in [2.45, 2.75) is 0 Å². The Bertz CT molecular complexity index is 69.2. The van der Waals surface area contributed by atoms with E-state index in [1.165, 1.54) is 0 Å². The van der Waals surface area contributed by atoms with Crippen molar-refractivity contribution in [2.24, 2.45) is 0 Å². The maximum atomic E-state index is 9.59. The van der Waals surface area contributed by atoms with E-state index in [9.17, 15) is 9.59 Å². The first-order valence-electron chi connectivity index (χ1n) is 1.07. The van der Waals surface area contributed by atoms with Crippen molar-refractivity contribution in [2.75, 3.05) is 0 Å². The molecule has 0 bridgehead atoms. The molecule has 0 aromatic heterocycles. The SMILES string of the molecule is O=CC(=O)[O][Ir]. The minimum absolute atomic E-state index is 0.111. The van der Waals surface area contributed by atoms with E-state index in [-0.39, 0.29) is 6.29 Å². The van der Waals surface area contributed by atoms with E-state index in [0.29, 0.717) is 0 Å². The van der Waals surface area contributed by atoms with Gasteiger partial charge >= 0.3 is 44.6 Å². The summed E-state index contributed by atoms with van der Waals surface area (Å²) in [5, 5.41) is 0. The summed E-state index contributed by atoms with van der Waals surface area (Å²) in [6.45, 7) is 0. The molecule has 0 aliphatic carbocycles. The van der Waals surface area contributed by atoms with E-state index < -0.39 is 5.97 Å². The van der Waals surface area contributed by atoms with Gasteiger partial charge in [0, 0.05) is 0 Å². The number of carbonyl (C=O) groups is 2. The zero-order chi connectivity index (χ0) is 4.99. The normalized spacial score (nSPS) is 7.00. The van der Waals surface area contributed by atoms with E-state index in [1.54, 1.807) is 0 Å². The molecule has 0 amide bonds. The molecule has 3 nitrogen and oxygen atoms in total. The van der Waals surface area contributed by atoms with Crippen LogP contribution in [-0.4, -0.2) is 12.3 Å². The molecule has 0 aromatic rings. The first-order valence-corrected chi connectivity index (χ1v) is 2.05. The van der Waals surface area contributed by atoms with Crippen molar-refractivity contribution in [1.82, 2.24) is 0 Å². The Labute approximate surface area is 45.3 Å². The van der Waals surface area contributed by atoms with Gasteiger partial charge in [-0.25, -0.2) is 0 Å². The topological polar surface area (TPSA) is 43.4 Å². The van der Waals surface area contributed by atoms with E-state index in [2.05, 4.69) is 3.50 Å². The van der Waals surface area contributed by atoms with Gasteiger partial charge in [0.1, 0.15) is 0 Å². The van der Waals surface area contributed by atoms with E-state index in [0.717, 1.165) is 19.3 Å². The van der Waals surface area contributed by atoms with Gasteiger partial charge in [0.05, 0.1) is 0 Å². The van der Waals surface area contributed by atoms with Gasteiger partial charge in [-0.05, 0) is 0 Å². The Morgan fingerprint density at radius 1 is 1.83 bits per heavy atom. The molecule has 36 valence electrons. The van der Waals surface area contributed by atoms with Crippen LogP contribution in [0.5, 0.6) is 0 Å². The van der Waals surface area contributed by atoms with Crippen molar-refractivity contribution in [3.8, 4) is 0 Å². The third kappa shape index (κ3) is 2.05. The third-order valence-corrected chi connectivity index (χ3v) is 0.645. The van der Waals surface area contributed by atoms with Crippen LogP contribution in [0.25, 0.3) is 0 Å². The molecule has 0 spiro atoms. The molecule has 0 radical (unpaired) electrons. The number of hydrogen-bond acceptors (Lipinski definition) is 3. The predicted octanol–water partition coefficient (Wildman–Crippen LogP) is -0.810. The van der Waals surface area contributed by atoms with Crippen molar-refractivity contribution < 1.29 is 32.4 Å². The third-order valence-electron chi connectivity index (χ3n) is 0.163. The number of carbonyl (C=O) groups excluding carboxylic acids is 2. The van der Waals surface area contributed by atoms with Crippen LogP contribution in [-0.2, 0) is 32.4 Å². The molecule has 0 unspecified atom stereocenters. The van der Waals surface area contributed by atoms with Gasteiger partial charge in [0.15, 0.2) is 0 Å². The van der Waals surface area contributed by atoms with Crippen LogP contribution in [0.3, 0.4) is 0 Å². The van der Waals surface area contributed by atoms with Crippen LogP contribution in [0.1, 0.15) is 0 Å². The number of aldehydes is 1.